The van der Waals surface area contributed by atoms with Gasteiger partial charge in [0.25, 0.3) is 0 Å². The van der Waals surface area contributed by atoms with Crippen LogP contribution in [0.5, 0.6) is 0 Å². The Morgan fingerprint density at radius 1 is 1.00 bits per heavy atom. The quantitative estimate of drug-likeness (QED) is 0.811. The number of likely N-dealkylation sites (tertiary alicyclic amines) is 1. The molecule has 0 aromatic carbocycles. The maximum atomic E-state index is 12.3. The molecule has 6 nitrogen and oxygen atoms in total. The van der Waals surface area contributed by atoms with E-state index in [-0.39, 0.29) is 18.0 Å². The monoisotopic (exact) mass is 292 g/mol. The Balaban J connectivity index is 1.25. The number of piperazine rings is 1. The highest BCUT2D eigenvalue weighted by molar-refractivity contribution is 5.82. The Kier molecular flexibility index (Phi) is 3.28. The molecule has 1 N–H and O–H groups in total. The third-order valence-electron chi connectivity index (χ3n) is 5.14. The minimum atomic E-state index is 0.00654. The second kappa shape index (κ2) is 5.16. The summed E-state index contributed by atoms with van der Waals surface area (Å²) in [6.45, 7) is 4.33. The average Bonchev–Trinajstić information content (AvgIpc) is 3.37. The van der Waals surface area contributed by atoms with Crippen molar-refractivity contribution >= 4 is 11.9 Å². The minimum Gasteiger partial charge on any atom is -0.338 e. The summed E-state index contributed by atoms with van der Waals surface area (Å²) >= 11 is 0. The van der Waals surface area contributed by atoms with Gasteiger partial charge in [-0.05, 0) is 25.7 Å². The van der Waals surface area contributed by atoms with Crippen LogP contribution in [-0.2, 0) is 4.79 Å². The zero-order valence-electron chi connectivity index (χ0n) is 12.5. The molecule has 3 amide bonds. The second-order valence-corrected chi connectivity index (χ2v) is 6.88. The van der Waals surface area contributed by atoms with Crippen LogP contribution in [0.1, 0.15) is 32.1 Å². The molecule has 0 radical (unpaired) electrons. The van der Waals surface area contributed by atoms with Crippen molar-refractivity contribution in [3.05, 3.63) is 0 Å². The van der Waals surface area contributed by atoms with Crippen LogP contribution >= 0.6 is 0 Å². The van der Waals surface area contributed by atoms with Gasteiger partial charge < -0.3 is 15.1 Å². The van der Waals surface area contributed by atoms with Gasteiger partial charge in [0.05, 0.1) is 6.04 Å². The van der Waals surface area contributed by atoms with E-state index < -0.39 is 0 Å². The Labute approximate surface area is 125 Å². The van der Waals surface area contributed by atoms with Crippen LogP contribution in [-0.4, -0.2) is 77.5 Å². The van der Waals surface area contributed by atoms with E-state index in [9.17, 15) is 9.59 Å². The molecule has 21 heavy (non-hydrogen) atoms. The largest absolute Gasteiger partial charge is 0.338 e. The molecule has 0 spiro atoms. The lowest BCUT2D eigenvalue weighted by molar-refractivity contribution is -0.128. The number of nitrogens with zero attached hydrogens (tertiary/aromatic N) is 3. The third-order valence-corrected chi connectivity index (χ3v) is 5.14. The fraction of sp³-hybridized carbons (Fsp3) is 0.867. The lowest BCUT2D eigenvalue weighted by atomic mass is 10.2. The van der Waals surface area contributed by atoms with Crippen molar-refractivity contribution in [3.8, 4) is 0 Å². The van der Waals surface area contributed by atoms with Gasteiger partial charge in [0, 0.05) is 51.2 Å². The van der Waals surface area contributed by atoms with Gasteiger partial charge in [-0.15, -0.1) is 0 Å². The number of rotatable bonds is 3. The zero-order valence-corrected chi connectivity index (χ0v) is 12.5. The number of urea groups is 1. The van der Waals surface area contributed by atoms with E-state index in [1.165, 1.54) is 12.8 Å². The van der Waals surface area contributed by atoms with E-state index in [0.29, 0.717) is 19.0 Å². The molecule has 4 fully saturated rings. The summed E-state index contributed by atoms with van der Waals surface area (Å²) < 4.78 is 0. The van der Waals surface area contributed by atoms with Crippen LogP contribution in [0, 0.1) is 0 Å². The fourth-order valence-corrected chi connectivity index (χ4v) is 3.56. The predicted octanol–water partition coefficient (Wildman–Crippen LogP) is 0.239. The molecule has 2 saturated carbocycles. The van der Waals surface area contributed by atoms with E-state index in [1.807, 2.05) is 9.80 Å². The molecule has 116 valence electrons. The van der Waals surface area contributed by atoms with Gasteiger partial charge in [-0.25, -0.2) is 4.79 Å². The number of nitrogens with one attached hydrogen (secondary N) is 1. The SMILES string of the molecule is O=C(NC1CC(=O)N(C2CC2)C1)N1CCN(C2CC2)CC1. The molecule has 0 bridgehead atoms. The minimum absolute atomic E-state index is 0.00654. The Bertz CT molecular complexity index is 439. The molecule has 0 aromatic heterocycles. The van der Waals surface area contributed by atoms with Gasteiger partial charge in [-0.2, -0.15) is 0 Å². The molecule has 4 aliphatic rings. The lowest BCUT2D eigenvalue weighted by Crippen LogP contribution is -2.54. The lowest BCUT2D eigenvalue weighted by Gasteiger charge is -2.35. The van der Waals surface area contributed by atoms with E-state index >= 15 is 0 Å². The summed E-state index contributed by atoms with van der Waals surface area (Å²) in [6, 6.07) is 1.27. The Morgan fingerprint density at radius 3 is 2.29 bits per heavy atom. The third kappa shape index (κ3) is 2.86. The van der Waals surface area contributed by atoms with Crippen molar-refractivity contribution in [2.24, 2.45) is 0 Å². The molecule has 1 atom stereocenters. The van der Waals surface area contributed by atoms with Gasteiger partial charge in [0.15, 0.2) is 0 Å². The van der Waals surface area contributed by atoms with Crippen LogP contribution in [0.15, 0.2) is 0 Å². The summed E-state index contributed by atoms with van der Waals surface area (Å²) in [6.07, 6.45) is 5.40. The molecular weight excluding hydrogens is 268 g/mol. The van der Waals surface area contributed by atoms with E-state index in [4.69, 9.17) is 0 Å². The van der Waals surface area contributed by atoms with Crippen LogP contribution in [0.25, 0.3) is 0 Å². The van der Waals surface area contributed by atoms with Gasteiger partial charge in [0.2, 0.25) is 5.91 Å². The Morgan fingerprint density at radius 2 is 1.67 bits per heavy atom. The van der Waals surface area contributed by atoms with Crippen molar-refractivity contribution in [1.82, 2.24) is 20.0 Å². The molecule has 2 aliphatic heterocycles. The normalized spacial score (nSPS) is 30.9. The molecule has 2 heterocycles. The molecule has 0 aromatic rings. The number of amides is 3. The van der Waals surface area contributed by atoms with Gasteiger partial charge in [-0.3, -0.25) is 9.69 Å². The van der Waals surface area contributed by atoms with E-state index in [2.05, 4.69) is 10.2 Å². The average molecular weight is 292 g/mol. The Hall–Kier alpha value is -1.30. The first kappa shape index (κ1) is 13.4. The number of carbonyl (C=O) groups is 2. The van der Waals surface area contributed by atoms with Crippen molar-refractivity contribution in [3.63, 3.8) is 0 Å². The molecular formula is C15H24N4O2. The van der Waals surface area contributed by atoms with E-state index in [1.54, 1.807) is 0 Å². The van der Waals surface area contributed by atoms with Crippen LogP contribution in [0.3, 0.4) is 0 Å². The summed E-state index contributed by atoms with van der Waals surface area (Å²) in [5, 5.41) is 3.06. The fourth-order valence-electron chi connectivity index (χ4n) is 3.56. The molecule has 1 unspecified atom stereocenters. The van der Waals surface area contributed by atoms with Crippen LogP contribution < -0.4 is 5.32 Å². The first-order chi connectivity index (χ1) is 10.2. The first-order valence-electron chi connectivity index (χ1n) is 8.29. The maximum absolute atomic E-state index is 12.3. The van der Waals surface area contributed by atoms with Crippen molar-refractivity contribution in [1.29, 1.82) is 0 Å². The van der Waals surface area contributed by atoms with E-state index in [0.717, 1.165) is 45.1 Å². The highest BCUT2D eigenvalue weighted by Crippen LogP contribution is 2.30. The molecule has 2 aliphatic carbocycles. The summed E-state index contributed by atoms with van der Waals surface area (Å²) in [5.74, 6) is 0.210. The summed E-state index contributed by atoms with van der Waals surface area (Å²) in [5.41, 5.74) is 0. The second-order valence-electron chi connectivity index (χ2n) is 6.88. The van der Waals surface area contributed by atoms with Crippen molar-refractivity contribution < 1.29 is 9.59 Å². The van der Waals surface area contributed by atoms with Crippen LogP contribution in [0.4, 0.5) is 4.79 Å². The number of carbonyl (C=O) groups excluding carboxylic acids is 2. The maximum Gasteiger partial charge on any atom is 0.317 e. The van der Waals surface area contributed by atoms with Gasteiger partial charge >= 0.3 is 6.03 Å². The van der Waals surface area contributed by atoms with Gasteiger partial charge in [0.1, 0.15) is 0 Å². The number of hydrogen-bond acceptors (Lipinski definition) is 3. The predicted molar refractivity (Wildman–Crippen MR) is 77.8 cm³/mol. The first-order valence-corrected chi connectivity index (χ1v) is 8.29. The van der Waals surface area contributed by atoms with Crippen LogP contribution in [0.2, 0.25) is 0 Å². The zero-order chi connectivity index (χ0) is 14.4. The molecule has 2 saturated heterocycles. The highest BCUT2D eigenvalue weighted by Gasteiger charge is 2.40. The van der Waals surface area contributed by atoms with Gasteiger partial charge in [-0.1, -0.05) is 0 Å². The van der Waals surface area contributed by atoms with Crippen molar-refractivity contribution in [2.75, 3.05) is 32.7 Å². The summed E-state index contributed by atoms with van der Waals surface area (Å²) in [7, 11) is 0. The molecule has 6 heteroatoms. The van der Waals surface area contributed by atoms with Crippen molar-refractivity contribution in [2.45, 2.75) is 50.2 Å². The highest BCUT2D eigenvalue weighted by atomic mass is 16.2. The topological polar surface area (TPSA) is 55.9 Å². The summed E-state index contributed by atoms with van der Waals surface area (Å²) in [4.78, 5) is 30.6. The standard InChI is InChI=1S/C15H24N4O2/c20-14-9-11(10-19(14)13-3-4-13)16-15(21)18-7-5-17(6-8-18)12-1-2-12/h11-13H,1-10H2,(H,16,21). The molecule has 4 rings (SSSR count). The smallest absolute Gasteiger partial charge is 0.317 e. The number of hydrogen-bond donors (Lipinski definition) is 1.